The van der Waals surface area contributed by atoms with Crippen LogP contribution in [0.25, 0.3) is 0 Å². The number of nitrogens with zero attached hydrogens (tertiary/aromatic N) is 5. The maximum absolute atomic E-state index is 12.6. The van der Waals surface area contributed by atoms with Crippen molar-refractivity contribution in [2.75, 3.05) is 18.0 Å². The molecule has 7 nitrogen and oxygen atoms in total. The van der Waals surface area contributed by atoms with E-state index in [9.17, 15) is 4.79 Å². The second-order valence-electron chi connectivity index (χ2n) is 7.27. The smallest absolute Gasteiger partial charge is 0.223 e. The predicted octanol–water partition coefficient (Wildman–Crippen LogP) is 2.02. The molecule has 0 unspecified atom stereocenters. The minimum absolute atomic E-state index is 0.0448. The molecule has 27 heavy (non-hydrogen) atoms. The van der Waals surface area contributed by atoms with Gasteiger partial charge in [-0.25, -0.2) is 9.97 Å². The molecule has 2 aromatic rings. The third kappa shape index (κ3) is 3.80. The fraction of sp³-hybridized carbons (Fsp3) is 0.500. The summed E-state index contributed by atoms with van der Waals surface area (Å²) in [5, 5.41) is 12.0. The quantitative estimate of drug-likeness (QED) is 0.897. The Morgan fingerprint density at radius 2 is 2.04 bits per heavy atom. The average Bonchev–Trinajstić information content (AvgIpc) is 3.15. The van der Waals surface area contributed by atoms with Crippen LogP contribution >= 0.6 is 0 Å². The second kappa shape index (κ2) is 7.78. The Bertz CT molecular complexity index is 842. The fourth-order valence-corrected chi connectivity index (χ4v) is 3.95. The Balaban J connectivity index is 1.28. The summed E-state index contributed by atoms with van der Waals surface area (Å²) in [5.41, 5.74) is 1.67. The number of nitriles is 1. The first kappa shape index (κ1) is 17.5. The van der Waals surface area contributed by atoms with E-state index < -0.39 is 0 Å². The number of aryl methyl sites for hydroxylation is 1. The number of rotatable bonds is 4. The molecule has 0 radical (unpaired) electrons. The van der Waals surface area contributed by atoms with E-state index >= 15 is 0 Å². The van der Waals surface area contributed by atoms with Crippen molar-refractivity contribution in [3.8, 4) is 6.07 Å². The molecule has 2 aliphatic heterocycles. The Morgan fingerprint density at radius 3 is 2.78 bits per heavy atom. The SMILES string of the molecule is N#Cc1ccc(N2CCC(C(=O)NCc3cnc4n3CCCC4)CC2)nc1. The van der Waals surface area contributed by atoms with Gasteiger partial charge in [-0.1, -0.05) is 0 Å². The van der Waals surface area contributed by atoms with Gasteiger partial charge in [0.15, 0.2) is 0 Å². The molecule has 2 aliphatic rings. The van der Waals surface area contributed by atoms with E-state index in [1.807, 2.05) is 12.3 Å². The minimum atomic E-state index is 0.0448. The molecule has 1 amide bonds. The molecule has 0 aliphatic carbocycles. The molecule has 0 bridgehead atoms. The van der Waals surface area contributed by atoms with Crippen molar-refractivity contribution < 1.29 is 4.79 Å². The zero-order valence-electron chi connectivity index (χ0n) is 15.4. The second-order valence-corrected chi connectivity index (χ2v) is 7.27. The van der Waals surface area contributed by atoms with Gasteiger partial charge in [-0.2, -0.15) is 5.26 Å². The molecule has 1 fully saturated rings. The van der Waals surface area contributed by atoms with E-state index in [-0.39, 0.29) is 11.8 Å². The normalized spacial score (nSPS) is 17.2. The Morgan fingerprint density at radius 1 is 1.19 bits per heavy atom. The molecule has 0 spiro atoms. The lowest BCUT2D eigenvalue weighted by Crippen LogP contribution is -2.40. The van der Waals surface area contributed by atoms with Gasteiger partial charge in [-0.05, 0) is 37.8 Å². The minimum Gasteiger partial charge on any atom is -0.357 e. The molecular weight excluding hydrogens is 340 g/mol. The summed E-state index contributed by atoms with van der Waals surface area (Å²) in [6.07, 6.45) is 8.56. The van der Waals surface area contributed by atoms with Gasteiger partial charge in [0.2, 0.25) is 5.91 Å². The first-order valence-electron chi connectivity index (χ1n) is 9.66. The number of amides is 1. The fourth-order valence-electron chi connectivity index (χ4n) is 3.95. The summed E-state index contributed by atoms with van der Waals surface area (Å²) in [5.74, 6) is 2.20. The number of pyridine rings is 1. The van der Waals surface area contributed by atoms with Crippen molar-refractivity contribution in [2.24, 2.45) is 5.92 Å². The van der Waals surface area contributed by atoms with Crippen LogP contribution in [0.2, 0.25) is 0 Å². The maximum atomic E-state index is 12.6. The number of hydrogen-bond acceptors (Lipinski definition) is 5. The number of fused-ring (bicyclic) bond motifs is 1. The van der Waals surface area contributed by atoms with Crippen molar-refractivity contribution in [1.29, 1.82) is 5.26 Å². The van der Waals surface area contributed by atoms with Crippen LogP contribution in [0.3, 0.4) is 0 Å². The summed E-state index contributed by atoms with van der Waals surface area (Å²) in [4.78, 5) is 23.6. The van der Waals surface area contributed by atoms with E-state index in [1.165, 1.54) is 12.8 Å². The van der Waals surface area contributed by atoms with E-state index in [1.54, 1.807) is 12.3 Å². The highest BCUT2D eigenvalue weighted by Crippen LogP contribution is 2.22. The van der Waals surface area contributed by atoms with Crippen LogP contribution in [-0.4, -0.2) is 33.5 Å². The number of carbonyl (C=O) groups is 1. The van der Waals surface area contributed by atoms with Crippen molar-refractivity contribution >= 4 is 11.7 Å². The number of hydrogen-bond donors (Lipinski definition) is 1. The first-order valence-corrected chi connectivity index (χ1v) is 9.66. The topological polar surface area (TPSA) is 86.8 Å². The number of anilines is 1. The lowest BCUT2D eigenvalue weighted by molar-refractivity contribution is -0.125. The highest BCUT2D eigenvalue weighted by molar-refractivity contribution is 5.78. The molecule has 7 heteroatoms. The molecule has 0 atom stereocenters. The largest absolute Gasteiger partial charge is 0.357 e. The van der Waals surface area contributed by atoms with E-state index in [4.69, 9.17) is 5.26 Å². The molecule has 1 N–H and O–H groups in total. The van der Waals surface area contributed by atoms with Crippen molar-refractivity contribution in [1.82, 2.24) is 19.9 Å². The molecule has 140 valence electrons. The number of carbonyl (C=O) groups excluding carboxylic acids is 1. The van der Waals surface area contributed by atoms with Gasteiger partial charge in [-0.15, -0.1) is 0 Å². The van der Waals surface area contributed by atoms with Gasteiger partial charge in [0, 0.05) is 38.2 Å². The number of nitrogens with one attached hydrogen (secondary N) is 1. The molecule has 0 aromatic carbocycles. The van der Waals surface area contributed by atoms with Gasteiger partial charge in [0.1, 0.15) is 17.7 Å². The van der Waals surface area contributed by atoms with Crippen LogP contribution in [0, 0.1) is 17.2 Å². The molecule has 0 saturated carbocycles. The van der Waals surface area contributed by atoms with Gasteiger partial charge >= 0.3 is 0 Å². The van der Waals surface area contributed by atoms with Crippen LogP contribution in [0.15, 0.2) is 24.5 Å². The highest BCUT2D eigenvalue weighted by atomic mass is 16.1. The predicted molar refractivity (Wildman–Crippen MR) is 101 cm³/mol. The third-order valence-corrected chi connectivity index (χ3v) is 5.56. The maximum Gasteiger partial charge on any atom is 0.223 e. The summed E-state index contributed by atoms with van der Waals surface area (Å²) in [6.45, 7) is 3.18. The summed E-state index contributed by atoms with van der Waals surface area (Å²) < 4.78 is 2.25. The van der Waals surface area contributed by atoms with Gasteiger partial charge in [0.25, 0.3) is 0 Å². The first-order chi connectivity index (χ1) is 13.2. The van der Waals surface area contributed by atoms with Crippen molar-refractivity contribution in [2.45, 2.75) is 45.2 Å². The number of aromatic nitrogens is 3. The zero-order valence-corrected chi connectivity index (χ0v) is 15.4. The number of imidazole rings is 1. The van der Waals surface area contributed by atoms with Gasteiger partial charge in [-0.3, -0.25) is 4.79 Å². The molecule has 1 saturated heterocycles. The van der Waals surface area contributed by atoms with Crippen LogP contribution in [0.5, 0.6) is 0 Å². The van der Waals surface area contributed by atoms with Gasteiger partial charge in [0.05, 0.1) is 24.0 Å². The highest BCUT2D eigenvalue weighted by Gasteiger charge is 2.26. The summed E-state index contributed by atoms with van der Waals surface area (Å²) in [6, 6.07) is 5.75. The van der Waals surface area contributed by atoms with Gasteiger partial charge < -0.3 is 14.8 Å². The van der Waals surface area contributed by atoms with E-state index in [0.29, 0.717) is 12.1 Å². The lowest BCUT2D eigenvalue weighted by atomic mass is 9.96. The van der Waals surface area contributed by atoms with E-state index in [0.717, 1.165) is 56.2 Å². The van der Waals surface area contributed by atoms with Crippen molar-refractivity contribution in [3.05, 3.63) is 41.6 Å². The molecular formula is C20H24N6O. The summed E-state index contributed by atoms with van der Waals surface area (Å²) in [7, 11) is 0. The Hall–Kier alpha value is -2.88. The van der Waals surface area contributed by atoms with Crippen molar-refractivity contribution in [3.63, 3.8) is 0 Å². The Kier molecular flexibility index (Phi) is 5.05. The standard InChI is InChI=1S/C20H24N6O/c21-11-15-4-5-18(22-12-15)25-9-6-16(7-10-25)20(27)24-14-17-13-23-19-3-1-2-8-26(17)19/h4-5,12-13,16H,1-3,6-10,14H2,(H,24,27). The lowest BCUT2D eigenvalue weighted by Gasteiger charge is -2.32. The molecule has 2 aromatic heterocycles. The Labute approximate surface area is 159 Å². The van der Waals surface area contributed by atoms with Crippen LogP contribution in [-0.2, 0) is 24.3 Å². The number of piperidine rings is 1. The van der Waals surface area contributed by atoms with Crippen LogP contribution in [0.4, 0.5) is 5.82 Å². The zero-order chi connectivity index (χ0) is 18.6. The van der Waals surface area contributed by atoms with E-state index in [2.05, 4.69) is 30.8 Å². The third-order valence-electron chi connectivity index (χ3n) is 5.56. The average molecular weight is 364 g/mol. The molecule has 4 rings (SSSR count). The van der Waals surface area contributed by atoms with Crippen LogP contribution < -0.4 is 10.2 Å². The molecule has 4 heterocycles. The summed E-state index contributed by atoms with van der Waals surface area (Å²) >= 11 is 0. The van der Waals surface area contributed by atoms with Crippen LogP contribution in [0.1, 0.15) is 42.8 Å². The monoisotopic (exact) mass is 364 g/mol.